The molecule has 0 aliphatic rings. The summed E-state index contributed by atoms with van der Waals surface area (Å²) in [5.74, 6) is 0.974. The molecule has 0 saturated heterocycles. The van der Waals surface area contributed by atoms with Crippen LogP contribution in [0.5, 0.6) is 0 Å². The average molecular weight is 309 g/mol. The van der Waals surface area contributed by atoms with Gasteiger partial charge < -0.3 is 4.42 Å². The molecule has 2 heterocycles. The van der Waals surface area contributed by atoms with Crippen molar-refractivity contribution >= 4 is 15.9 Å². The van der Waals surface area contributed by atoms with Crippen LogP contribution in [0, 0.1) is 6.92 Å². The van der Waals surface area contributed by atoms with Gasteiger partial charge in [-0.2, -0.15) is 18.3 Å². The fraction of sp³-hybridized carbons (Fsp3) is 0.300. The lowest BCUT2D eigenvalue weighted by Gasteiger charge is -2.01. The van der Waals surface area contributed by atoms with E-state index in [-0.39, 0.29) is 10.2 Å². The summed E-state index contributed by atoms with van der Waals surface area (Å²) in [7, 11) is 1.44. The molecule has 0 spiro atoms. The topological polar surface area (TPSA) is 31.0 Å². The Kier molecular flexibility index (Phi) is 2.81. The third-order valence-electron chi connectivity index (χ3n) is 2.23. The van der Waals surface area contributed by atoms with Gasteiger partial charge in [0.05, 0.1) is 4.47 Å². The standard InChI is InChI=1S/C10H8BrF3N2O/c1-5-3-4-6(17-5)8-7(11)9(10(12,13)14)15-16(8)2/h3-4H,1-2H3. The molecule has 0 unspecified atom stereocenters. The van der Waals surface area contributed by atoms with Crippen LogP contribution in [0.2, 0.25) is 0 Å². The summed E-state index contributed by atoms with van der Waals surface area (Å²) in [6.07, 6.45) is -4.49. The Hall–Kier alpha value is -1.24. The molecule has 0 N–H and O–H groups in total. The van der Waals surface area contributed by atoms with E-state index in [0.29, 0.717) is 11.5 Å². The van der Waals surface area contributed by atoms with Gasteiger partial charge in [-0.25, -0.2) is 0 Å². The number of hydrogen-bond acceptors (Lipinski definition) is 2. The minimum absolute atomic E-state index is 0.109. The zero-order valence-corrected chi connectivity index (χ0v) is 10.6. The Labute approximate surface area is 103 Å². The second kappa shape index (κ2) is 3.90. The molecule has 0 aliphatic carbocycles. The van der Waals surface area contributed by atoms with Gasteiger partial charge in [-0.05, 0) is 35.0 Å². The van der Waals surface area contributed by atoms with E-state index in [9.17, 15) is 13.2 Å². The van der Waals surface area contributed by atoms with Crippen molar-refractivity contribution in [3.8, 4) is 11.5 Å². The van der Waals surface area contributed by atoms with E-state index in [1.54, 1.807) is 19.1 Å². The highest BCUT2D eigenvalue weighted by Crippen LogP contribution is 2.39. The SMILES string of the molecule is Cc1ccc(-c2c(Br)c(C(F)(F)F)nn2C)o1. The molecule has 0 bridgehead atoms. The summed E-state index contributed by atoms with van der Waals surface area (Å²) in [5.41, 5.74) is -0.686. The third kappa shape index (κ3) is 2.11. The number of halogens is 4. The van der Waals surface area contributed by atoms with Gasteiger partial charge in [-0.15, -0.1) is 0 Å². The van der Waals surface area contributed by atoms with E-state index in [0.717, 1.165) is 4.68 Å². The van der Waals surface area contributed by atoms with Gasteiger partial charge in [0, 0.05) is 7.05 Å². The predicted octanol–water partition coefficient (Wildman–Crippen LogP) is 3.77. The van der Waals surface area contributed by atoms with Crippen molar-refractivity contribution in [1.82, 2.24) is 9.78 Å². The first-order valence-corrected chi connectivity index (χ1v) is 5.46. The summed E-state index contributed by atoms with van der Waals surface area (Å²) < 4.78 is 44.2. The Balaban J connectivity index is 2.60. The quantitative estimate of drug-likeness (QED) is 0.803. The summed E-state index contributed by atoms with van der Waals surface area (Å²) in [6.45, 7) is 1.72. The molecule has 0 atom stereocenters. The van der Waals surface area contributed by atoms with E-state index in [1.165, 1.54) is 7.05 Å². The van der Waals surface area contributed by atoms with Gasteiger partial charge in [-0.1, -0.05) is 0 Å². The summed E-state index contributed by atoms with van der Waals surface area (Å²) >= 11 is 2.92. The Morgan fingerprint density at radius 3 is 2.41 bits per heavy atom. The van der Waals surface area contributed by atoms with Crippen LogP contribution >= 0.6 is 15.9 Å². The normalized spacial score (nSPS) is 12.1. The minimum Gasteiger partial charge on any atom is -0.460 e. The molecule has 0 radical (unpaired) electrons. The van der Waals surface area contributed by atoms with Crippen LogP contribution in [0.25, 0.3) is 11.5 Å². The summed E-state index contributed by atoms with van der Waals surface area (Å²) in [4.78, 5) is 0. The van der Waals surface area contributed by atoms with Crippen LogP contribution in [-0.4, -0.2) is 9.78 Å². The number of rotatable bonds is 1. The van der Waals surface area contributed by atoms with Crippen LogP contribution in [-0.2, 0) is 13.2 Å². The highest BCUT2D eigenvalue weighted by molar-refractivity contribution is 9.10. The molecule has 2 aromatic heterocycles. The molecule has 3 nitrogen and oxygen atoms in total. The van der Waals surface area contributed by atoms with Crippen LogP contribution in [0.4, 0.5) is 13.2 Å². The Bertz CT molecular complexity index is 556. The van der Waals surface area contributed by atoms with Gasteiger partial charge in [0.2, 0.25) is 0 Å². The van der Waals surface area contributed by atoms with Crippen molar-refractivity contribution in [2.45, 2.75) is 13.1 Å². The third-order valence-corrected chi connectivity index (χ3v) is 2.98. The van der Waals surface area contributed by atoms with E-state index in [2.05, 4.69) is 21.0 Å². The van der Waals surface area contributed by atoms with Gasteiger partial charge in [0.1, 0.15) is 11.5 Å². The first kappa shape index (κ1) is 12.2. The maximum Gasteiger partial charge on any atom is 0.436 e. The monoisotopic (exact) mass is 308 g/mol. The molecule has 2 aromatic rings. The lowest BCUT2D eigenvalue weighted by molar-refractivity contribution is -0.142. The predicted molar refractivity (Wildman–Crippen MR) is 58.3 cm³/mol. The number of aryl methyl sites for hydroxylation is 2. The van der Waals surface area contributed by atoms with Gasteiger partial charge in [0.15, 0.2) is 11.5 Å². The fourth-order valence-corrected chi connectivity index (χ4v) is 2.26. The Morgan fingerprint density at radius 1 is 1.35 bits per heavy atom. The average Bonchev–Trinajstić information content (AvgIpc) is 2.70. The number of nitrogens with zero attached hydrogens (tertiary/aromatic N) is 2. The van der Waals surface area contributed by atoms with E-state index in [1.807, 2.05) is 0 Å². The summed E-state index contributed by atoms with van der Waals surface area (Å²) in [6, 6.07) is 3.29. The molecule has 0 fully saturated rings. The number of hydrogen-bond donors (Lipinski definition) is 0. The highest BCUT2D eigenvalue weighted by Gasteiger charge is 2.38. The van der Waals surface area contributed by atoms with Crippen molar-refractivity contribution in [2.75, 3.05) is 0 Å². The molecule has 0 aromatic carbocycles. The van der Waals surface area contributed by atoms with Gasteiger partial charge in [0.25, 0.3) is 0 Å². The largest absolute Gasteiger partial charge is 0.460 e. The zero-order chi connectivity index (χ0) is 12.8. The minimum atomic E-state index is -4.49. The molecule has 0 amide bonds. The highest BCUT2D eigenvalue weighted by atomic mass is 79.9. The maximum atomic E-state index is 12.6. The van der Waals surface area contributed by atoms with Crippen molar-refractivity contribution in [1.29, 1.82) is 0 Å². The number of aromatic nitrogens is 2. The lowest BCUT2D eigenvalue weighted by atomic mass is 10.3. The summed E-state index contributed by atoms with van der Waals surface area (Å²) in [5, 5.41) is 3.45. The van der Waals surface area contributed by atoms with Crippen molar-refractivity contribution in [2.24, 2.45) is 7.05 Å². The molecule has 0 aliphatic heterocycles. The molecule has 7 heteroatoms. The molecule has 92 valence electrons. The van der Waals surface area contributed by atoms with Crippen LogP contribution in [0.3, 0.4) is 0 Å². The van der Waals surface area contributed by atoms with Crippen molar-refractivity contribution < 1.29 is 17.6 Å². The maximum absolute atomic E-state index is 12.6. The van der Waals surface area contributed by atoms with E-state index < -0.39 is 11.9 Å². The smallest absolute Gasteiger partial charge is 0.436 e. The first-order chi connectivity index (χ1) is 7.80. The number of alkyl halides is 3. The van der Waals surface area contributed by atoms with Gasteiger partial charge in [-0.3, -0.25) is 4.68 Å². The second-order valence-electron chi connectivity index (χ2n) is 3.54. The molecule has 2 rings (SSSR count). The molecular formula is C10H8BrF3N2O. The molecule has 0 saturated carbocycles. The Morgan fingerprint density at radius 2 is 2.00 bits per heavy atom. The molecule has 17 heavy (non-hydrogen) atoms. The van der Waals surface area contributed by atoms with Crippen LogP contribution in [0.15, 0.2) is 21.0 Å². The second-order valence-corrected chi connectivity index (χ2v) is 4.34. The zero-order valence-electron chi connectivity index (χ0n) is 8.97. The van der Waals surface area contributed by atoms with E-state index in [4.69, 9.17) is 4.42 Å². The van der Waals surface area contributed by atoms with Gasteiger partial charge >= 0.3 is 6.18 Å². The fourth-order valence-electron chi connectivity index (χ4n) is 1.51. The van der Waals surface area contributed by atoms with Crippen molar-refractivity contribution in [3.63, 3.8) is 0 Å². The van der Waals surface area contributed by atoms with E-state index >= 15 is 0 Å². The first-order valence-electron chi connectivity index (χ1n) is 4.67. The lowest BCUT2D eigenvalue weighted by Crippen LogP contribution is -2.07. The molecular weight excluding hydrogens is 301 g/mol. The van der Waals surface area contributed by atoms with Crippen LogP contribution in [0.1, 0.15) is 11.5 Å². The van der Waals surface area contributed by atoms with Crippen molar-refractivity contribution in [3.05, 3.63) is 28.1 Å². The number of furan rings is 1. The van der Waals surface area contributed by atoms with Crippen LogP contribution < -0.4 is 0 Å².